The van der Waals surface area contributed by atoms with E-state index >= 15 is 0 Å². The lowest BCUT2D eigenvalue weighted by Crippen LogP contribution is -2.24. The van der Waals surface area contributed by atoms with E-state index in [0.717, 1.165) is 58.2 Å². The van der Waals surface area contributed by atoms with Gasteiger partial charge in [-0.3, -0.25) is 4.68 Å². The molecule has 0 amide bonds. The van der Waals surface area contributed by atoms with Gasteiger partial charge in [0.1, 0.15) is 11.0 Å². The van der Waals surface area contributed by atoms with Gasteiger partial charge in [0.15, 0.2) is 0 Å². The molecule has 130 valence electrons. The first-order valence-corrected chi connectivity index (χ1v) is 9.67. The Bertz CT molecular complexity index is 741. The summed E-state index contributed by atoms with van der Waals surface area (Å²) in [6.07, 6.45) is 4.14. The summed E-state index contributed by atoms with van der Waals surface area (Å²) in [5, 5.41) is 5.46. The van der Waals surface area contributed by atoms with Crippen LogP contribution >= 0.6 is 27.5 Å². The van der Waals surface area contributed by atoms with E-state index in [2.05, 4.69) is 64.7 Å². The summed E-state index contributed by atoms with van der Waals surface area (Å²) in [6.45, 7) is 10.3. The molecule has 0 radical (unpaired) electrons. The Morgan fingerprint density at radius 3 is 2.79 bits per heavy atom. The minimum atomic E-state index is 0.241. The number of halogens is 2. The highest BCUT2D eigenvalue weighted by atomic mass is 79.9. The van der Waals surface area contributed by atoms with Gasteiger partial charge in [-0.25, -0.2) is 4.98 Å². The standard InChI is InChI=1S/C18H24BrClN4/c1-11(2)10-24-17(20)16(13(4)22-24)15-6-5-7-23(15)18-14(19)8-12(3)9-21-18/h8-9,11,15H,5-7,10H2,1-4H3. The fourth-order valence-electron chi connectivity index (χ4n) is 3.47. The molecule has 3 heterocycles. The van der Waals surface area contributed by atoms with E-state index in [9.17, 15) is 0 Å². The third-order valence-electron chi connectivity index (χ3n) is 4.46. The number of anilines is 1. The molecule has 1 saturated heterocycles. The number of aryl methyl sites for hydroxylation is 2. The van der Waals surface area contributed by atoms with Crippen molar-refractivity contribution in [3.8, 4) is 0 Å². The molecule has 3 rings (SSSR count). The quantitative estimate of drug-likeness (QED) is 0.684. The monoisotopic (exact) mass is 410 g/mol. The minimum Gasteiger partial charge on any atom is -0.348 e. The van der Waals surface area contributed by atoms with Crippen molar-refractivity contribution in [2.45, 2.75) is 53.1 Å². The fraction of sp³-hybridized carbons (Fsp3) is 0.556. The van der Waals surface area contributed by atoms with Gasteiger partial charge in [0, 0.05) is 24.8 Å². The number of pyridine rings is 1. The summed E-state index contributed by atoms with van der Waals surface area (Å²) in [5.74, 6) is 1.51. The first-order chi connectivity index (χ1) is 11.4. The van der Waals surface area contributed by atoms with E-state index in [1.807, 2.05) is 10.9 Å². The fourth-order valence-corrected chi connectivity index (χ4v) is 4.53. The Morgan fingerprint density at radius 2 is 2.12 bits per heavy atom. The molecular formula is C18H24BrClN4. The smallest absolute Gasteiger partial charge is 0.143 e. The van der Waals surface area contributed by atoms with Crippen LogP contribution in [0.2, 0.25) is 5.15 Å². The second-order valence-corrected chi connectivity index (χ2v) is 8.25. The Kier molecular flexibility index (Phi) is 5.21. The number of aromatic nitrogens is 3. The topological polar surface area (TPSA) is 34.0 Å². The molecule has 1 atom stereocenters. The molecular weight excluding hydrogens is 388 g/mol. The van der Waals surface area contributed by atoms with Gasteiger partial charge in [-0.2, -0.15) is 5.10 Å². The largest absolute Gasteiger partial charge is 0.348 e. The molecule has 1 unspecified atom stereocenters. The van der Waals surface area contributed by atoms with Crippen molar-refractivity contribution in [3.63, 3.8) is 0 Å². The van der Waals surface area contributed by atoms with E-state index in [-0.39, 0.29) is 6.04 Å². The Balaban J connectivity index is 1.98. The van der Waals surface area contributed by atoms with Gasteiger partial charge in [-0.1, -0.05) is 25.4 Å². The number of hydrogen-bond donors (Lipinski definition) is 0. The van der Waals surface area contributed by atoms with Crippen LogP contribution in [-0.2, 0) is 6.54 Å². The van der Waals surface area contributed by atoms with E-state index in [0.29, 0.717) is 5.92 Å². The Hall–Kier alpha value is -1.07. The molecule has 0 aromatic carbocycles. The van der Waals surface area contributed by atoms with E-state index in [1.165, 1.54) is 0 Å². The molecule has 0 saturated carbocycles. The zero-order valence-corrected chi connectivity index (χ0v) is 17.0. The van der Waals surface area contributed by atoms with Crippen molar-refractivity contribution >= 4 is 33.3 Å². The van der Waals surface area contributed by atoms with Crippen LogP contribution in [0.25, 0.3) is 0 Å². The van der Waals surface area contributed by atoms with Gasteiger partial charge in [0.2, 0.25) is 0 Å². The van der Waals surface area contributed by atoms with Crippen molar-refractivity contribution in [2.75, 3.05) is 11.4 Å². The van der Waals surface area contributed by atoms with Gasteiger partial charge in [-0.15, -0.1) is 0 Å². The van der Waals surface area contributed by atoms with Gasteiger partial charge >= 0.3 is 0 Å². The lowest BCUT2D eigenvalue weighted by molar-refractivity contribution is 0.481. The second-order valence-electron chi connectivity index (χ2n) is 7.04. The molecule has 4 nitrogen and oxygen atoms in total. The van der Waals surface area contributed by atoms with Gasteiger partial charge in [-0.05, 0) is 60.2 Å². The average Bonchev–Trinajstić information content (AvgIpc) is 3.04. The van der Waals surface area contributed by atoms with Crippen LogP contribution in [-0.4, -0.2) is 21.3 Å². The number of hydrogen-bond acceptors (Lipinski definition) is 3. The summed E-state index contributed by atoms with van der Waals surface area (Å²) in [5.41, 5.74) is 3.34. The maximum Gasteiger partial charge on any atom is 0.143 e. The van der Waals surface area contributed by atoms with Crippen LogP contribution in [0.15, 0.2) is 16.7 Å². The lowest BCUT2D eigenvalue weighted by atomic mass is 10.1. The lowest BCUT2D eigenvalue weighted by Gasteiger charge is -2.27. The molecule has 2 aromatic rings. The first-order valence-electron chi connectivity index (χ1n) is 8.50. The van der Waals surface area contributed by atoms with Crippen LogP contribution in [0.4, 0.5) is 5.82 Å². The maximum absolute atomic E-state index is 6.71. The van der Waals surface area contributed by atoms with Crippen molar-refractivity contribution in [2.24, 2.45) is 5.92 Å². The highest BCUT2D eigenvalue weighted by molar-refractivity contribution is 9.10. The van der Waals surface area contributed by atoms with Crippen LogP contribution in [0, 0.1) is 19.8 Å². The SMILES string of the molecule is Cc1cnc(N2CCCC2c2c(C)nn(CC(C)C)c2Cl)c(Br)c1. The predicted molar refractivity (Wildman–Crippen MR) is 103 cm³/mol. The first kappa shape index (κ1) is 17.7. The van der Waals surface area contributed by atoms with Crippen molar-refractivity contribution in [1.29, 1.82) is 0 Å². The molecule has 24 heavy (non-hydrogen) atoms. The Labute approximate surface area is 157 Å². The molecule has 0 spiro atoms. The third kappa shape index (κ3) is 3.33. The molecule has 0 N–H and O–H groups in total. The summed E-state index contributed by atoms with van der Waals surface area (Å²) in [6, 6.07) is 2.36. The van der Waals surface area contributed by atoms with Gasteiger partial charge in [0.25, 0.3) is 0 Å². The summed E-state index contributed by atoms with van der Waals surface area (Å²) < 4.78 is 2.99. The number of rotatable bonds is 4. The van der Waals surface area contributed by atoms with E-state index in [1.54, 1.807) is 0 Å². The van der Waals surface area contributed by atoms with Crippen molar-refractivity contribution < 1.29 is 0 Å². The molecule has 1 aliphatic rings. The van der Waals surface area contributed by atoms with Crippen LogP contribution in [0.1, 0.15) is 49.6 Å². The summed E-state index contributed by atoms with van der Waals surface area (Å²) in [4.78, 5) is 7.02. The zero-order valence-electron chi connectivity index (χ0n) is 14.7. The van der Waals surface area contributed by atoms with E-state index in [4.69, 9.17) is 11.6 Å². The van der Waals surface area contributed by atoms with Crippen LogP contribution < -0.4 is 4.90 Å². The second kappa shape index (κ2) is 7.04. The predicted octanol–water partition coefficient (Wildman–Crippen LogP) is 5.31. The highest BCUT2D eigenvalue weighted by Gasteiger charge is 2.33. The third-order valence-corrected chi connectivity index (χ3v) is 5.45. The summed E-state index contributed by atoms with van der Waals surface area (Å²) in [7, 11) is 0. The molecule has 0 aliphatic carbocycles. The molecule has 1 fully saturated rings. The van der Waals surface area contributed by atoms with Gasteiger partial charge < -0.3 is 4.90 Å². The normalized spacial score (nSPS) is 18.0. The van der Waals surface area contributed by atoms with Gasteiger partial charge in [0.05, 0.1) is 16.2 Å². The molecule has 6 heteroatoms. The van der Waals surface area contributed by atoms with Crippen LogP contribution in [0.5, 0.6) is 0 Å². The molecule has 1 aliphatic heterocycles. The van der Waals surface area contributed by atoms with E-state index < -0.39 is 0 Å². The number of nitrogens with zero attached hydrogens (tertiary/aromatic N) is 4. The average molecular weight is 412 g/mol. The van der Waals surface area contributed by atoms with Crippen molar-refractivity contribution in [3.05, 3.63) is 38.7 Å². The molecule has 2 aromatic heterocycles. The Morgan fingerprint density at radius 1 is 1.38 bits per heavy atom. The highest BCUT2D eigenvalue weighted by Crippen LogP contribution is 2.42. The maximum atomic E-state index is 6.71. The van der Waals surface area contributed by atoms with Crippen molar-refractivity contribution in [1.82, 2.24) is 14.8 Å². The summed E-state index contributed by atoms with van der Waals surface area (Å²) >= 11 is 10.4. The zero-order chi connectivity index (χ0) is 17.4. The van der Waals surface area contributed by atoms with Crippen LogP contribution in [0.3, 0.4) is 0 Å². The molecule has 0 bridgehead atoms. The minimum absolute atomic E-state index is 0.241.